The zero-order valence-corrected chi connectivity index (χ0v) is 14.2. The summed E-state index contributed by atoms with van der Waals surface area (Å²) in [7, 11) is 6.08. The summed E-state index contributed by atoms with van der Waals surface area (Å²) < 4.78 is 20.8. The van der Waals surface area contributed by atoms with Crippen LogP contribution in [0.15, 0.2) is 12.1 Å². The van der Waals surface area contributed by atoms with E-state index in [1.54, 1.807) is 19.2 Å². The second kappa shape index (κ2) is 8.74. The van der Waals surface area contributed by atoms with Crippen LogP contribution in [0.1, 0.15) is 10.4 Å². The van der Waals surface area contributed by atoms with Crippen LogP contribution in [0.4, 0.5) is 0 Å². The lowest BCUT2D eigenvalue weighted by Gasteiger charge is -2.18. The zero-order chi connectivity index (χ0) is 15.8. The molecule has 0 aliphatic carbocycles. The van der Waals surface area contributed by atoms with Gasteiger partial charge in [0.05, 0.1) is 39.5 Å². The quantitative estimate of drug-likeness (QED) is 0.715. The molecule has 0 fully saturated rings. The van der Waals surface area contributed by atoms with E-state index < -0.39 is 0 Å². The molecule has 0 aliphatic rings. The van der Waals surface area contributed by atoms with Gasteiger partial charge in [-0.1, -0.05) is 15.9 Å². The van der Waals surface area contributed by atoms with Gasteiger partial charge in [0.15, 0.2) is 11.5 Å². The standard InChI is InChI=1S/C14H20BrNO5/c1-18-8-9(7-15)16-14(17)10-5-6-11(19-2)13(21-4)12(10)20-3/h5-6,9H,7-8H2,1-4H3,(H,16,17). The van der Waals surface area contributed by atoms with E-state index in [9.17, 15) is 4.79 Å². The molecule has 0 bridgehead atoms. The Kier molecular flexibility index (Phi) is 7.31. The minimum Gasteiger partial charge on any atom is -0.493 e. The van der Waals surface area contributed by atoms with Crippen molar-refractivity contribution in [2.24, 2.45) is 0 Å². The number of hydrogen-bond acceptors (Lipinski definition) is 5. The highest BCUT2D eigenvalue weighted by atomic mass is 79.9. The fourth-order valence-corrected chi connectivity index (χ4v) is 2.22. The van der Waals surface area contributed by atoms with E-state index in [4.69, 9.17) is 18.9 Å². The molecule has 1 aromatic carbocycles. The number of rotatable bonds is 8. The molecule has 1 N–H and O–H groups in total. The molecule has 118 valence electrons. The number of carbonyl (C=O) groups is 1. The number of nitrogens with one attached hydrogen (secondary N) is 1. The van der Waals surface area contributed by atoms with Crippen molar-refractivity contribution in [1.82, 2.24) is 5.32 Å². The predicted molar refractivity (Wildman–Crippen MR) is 83.0 cm³/mol. The van der Waals surface area contributed by atoms with E-state index in [2.05, 4.69) is 21.2 Å². The molecule has 1 atom stereocenters. The molecule has 0 heterocycles. The van der Waals surface area contributed by atoms with E-state index in [1.807, 2.05) is 0 Å². The number of alkyl halides is 1. The van der Waals surface area contributed by atoms with Gasteiger partial charge in [0.25, 0.3) is 5.91 Å². The van der Waals surface area contributed by atoms with Gasteiger partial charge in [-0.2, -0.15) is 0 Å². The normalized spacial score (nSPS) is 11.7. The van der Waals surface area contributed by atoms with Crippen LogP contribution < -0.4 is 19.5 Å². The molecular formula is C14H20BrNO5. The molecule has 1 unspecified atom stereocenters. The van der Waals surface area contributed by atoms with Crippen molar-refractivity contribution >= 4 is 21.8 Å². The Hall–Kier alpha value is -1.47. The summed E-state index contributed by atoms with van der Waals surface area (Å²) >= 11 is 3.33. The molecule has 0 radical (unpaired) electrons. The molecule has 1 amide bonds. The van der Waals surface area contributed by atoms with Gasteiger partial charge in [-0.15, -0.1) is 0 Å². The van der Waals surface area contributed by atoms with Crippen LogP contribution in [0, 0.1) is 0 Å². The Morgan fingerprint density at radius 3 is 2.29 bits per heavy atom. The molecule has 0 aromatic heterocycles. The van der Waals surface area contributed by atoms with Crippen LogP contribution in [-0.2, 0) is 4.74 Å². The van der Waals surface area contributed by atoms with E-state index in [0.29, 0.717) is 34.7 Å². The molecule has 0 spiro atoms. The Balaban J connectivity index is 3.09. The summed E-state index contributed by atoms with van der Waals surface area (Å²) in [6, 6.07) is 3.16. The summed E-state index contributed by atoms with van der Waals surface area (Å²) in [5.74, 6) is 0.948. The van der Waals surface area contributed by atoms with E-state index >= 15 is 0 Å². The largest absolute Gasteiger partial charge is 0.493 e. The Morgan fingerprint density at radius 2 is 1.81 bits per heavy atom. The van der Waals surface area contributed by atoms with Crippen molar-refractivity contribution in [3.8, 4) is 17.2 Å². The lowest BCUT2D eigenvalue weighted by molar-refractivity contribution is 0.0904. The maximum Gasteiger partial charge on any atom is 0.255 e. The second-order valence-electron chi connectivity index (χ2n) is 4.16. The summed E-state index contributed by atoms with van der Waals surface area (Å²) in [4.78, 5) is 12.4. The van der Waals surface area contributed by atoms with E-state index in [-0.39, 0.29) is 11.9 Å². The van der Waals surface area contributed by atoms with Crippen molar-refractivity contribution in [2.75, 3.05) is 40.4 Å². The van der Waals surface area contributed by atoms with Crippen LogP contribution >= 0.6 is 15.9 Å². The van der Waals surface area contributed by atoms with Crippen molar-refractivity contribution in [2.45, 2.75) is 6.04 Å². The van der Waals surface area contributed by atoms with Gasteiger partial charge >= 0.3 is 0 Å². The van der Waals surface area contributed by atoms with Crippen LogP contribution in [0.5, 0.6) is 17.2 Å². The van der Waals surface area contributed by atoms with Crippen LogP contribution in [0.25, 0.3) is 0 Å². The summed E-state index contributed by atoms with van der Waals surface area (Å²) in [6.07, 6.45) is 0. The van der Waals surface area contributed by atoms with Crippen molar-refractivity contribution < 1.29 is 23.7 Å². The van der Waals surface area contributed by atoms with Crippen molar-refractivity contribution in [1.29, 1.82) is 0 Å². The molecular weight excluding hydrogens is 342 g/mol. The highest BCUT2D eigenvalue weighted by Gasteiger charge is 2.22. The summed E-state index contributed by atoms with van der Waals surface area (Å²) in [6.45, 7) is 0.409. The lowest BCUT2D eigenvalue weighted by Crippen LogP contribution is -2.39. The molecule has 6 nitrogen and oxygen atoms in total. The van der Waals surface area contributed by atoms with Crippen LogP contribution in [-0.4, -0.2) is 52.3 Å². The Labute approximate surface area is 132 Å². The first kappa shape index (κ1) is 17.6. The molecule has 7 heteroatoms. The average Bonchev–Trinajstić information content (AvgIpc) is 2.52. The Morgan fingerprint density at radius 1 is 1.14 bits per heavy atom. The molecule has 0 aliphatic heterocycles. The van der Waals surface area contributed by atoms with Gasteiger partial charge in [-0.05, 0) is 12.1 Å². The second-order valence-corrected chi connectivity index (χ2v) is 4.81. The molecule has 21 heavy (non-hydrogen) atoms. The third-order valence-electron chi connectivity index (χ3n) is 2.84. The number of carbonyl (C=O) groups excluding carboxylic acids is 1. The zero-order valence-electron chi connectivity index (χ0n) is 12.6. The van der Waals surface area contributed by atoms with Crippen LogP contribution in [0.3, 0.4) is 0 Å². The van der Waals surface area contributed by atoms with Crippen molar-refractivity contribution in [3.63, 3.8) is 0 Å². The monoisotopic (exact) mass is 361 g/mol. The SMILES string of the molecule is COCC(CBr)NC(=O)c1ccc(OC)c(OC)c1OC. The maximum atomic E-state index is 12.4. The smallest absolute Gasteiger partial charge is 0.255 e. The van der Waals surface area contributed by atoms with Gasteiger partial charge in [0.1, 0.15) is 0 Å². The molecule has 1 aromatic rings. The minimum atomic E-state index is -0.269. The number of halogens is 1. The fraction of sp³-hybridized carbons (Fsp3) is 0.500. The van der Waals surface area contributed by atoms with Gasteiger partial charge in [0, 0.05) is 12.4 Å². The number of hydrogen-bond donors (Lipinski definition) is 1. The average molecular weight is 362 g/mol. The predicted octanol–water partition coefficient (Wildman–Crippen LogP) is 1.85. The summed E-state index contributed by atoms with van der Waals surface area (Å²) in [5, 5.41) is 3.45. The van der Waals surface area contributed by atoms with E-state index in [0.717, 1.165) is 0 Å². The van der Waals surface area contributed by atoms with Crippen molar-refractivity contribution in [3.05, 3.63) is 17.7 Å². The molecule has 0 saturated heterocycles. The minimum absolute atomic E-state index is 0.139. The van der Waals surface area contributed by atoms with Crippen LogP contribution in [0.2, 0.25) is 0 Å². The number of amides is 1. The first-order valence-electron chi connectivity index (χ1n) is 6.27. The number of methoxy groups -OCH3 is 4. The molecule has 0 saturated carbocycles. The van der Waals surface area contributed by atoms with E-state index in [1.165, 1.54) is 21.3 Å². The third-order valence-corrected chi connectivity index (χ3v) is 3.62. The van der Waals surface area contributed by atoms with Gasteiger partial charge in [-0.3, -0.25) is 4.79 Å². The topological polar surface area (TPSA) is 66.0 Å². The molecule has 1 rings (SSSR count). The Bertz CT molecular complexity index is 481. The van der Waals surface area contributed by atoms with Gasteiger partial charge in [-0.25, -0.2) is 0 Å². The highest BCUT2D eigenvalue weighted by molar-refractivity contribution is 9.09. The number of benzene rings is 1. The van der Waals surface area contributed by atoms with Gasteiger partial charge < -0.3 is 24.3 Å². The highest BCUT2D eigenvalue weighted by Crippen LogP contribution is 2.39. The summed E-state index contributed by atoms with van der Waals surface area (Å²) in [5.41, 5.74) is 0.372. The third kappa shape index (κ3) is 4.25. The maximum absolute atomic E-state index is 12.4. The fourth-order valence-electron chi connectivity index (χ4n) is 1.87. The first-order valence-corrected chi connectivity index (χ1v) is 7.39. The first-order chi connectivity index (χ1) is 10.1. The van der Waals surface area contributed by atoms with Gasteiger partial charge in [0.2, 0.25) is 5.75 Å². The lowest BCUT2D eigenvalue weighted by atomic mass is 10.1. The number of ether oxygens (including phenoxy) is 4.